The van der Waals surface area contributed by atoms with Crippen molar-refractivity contribution >= 4 is 9.84 Å². The van der Waals surface area contributed by atoms with Gasteiger partial charge in [0, 0.05) is 12.1 Å². The monoisotopic (exact) mass is 301 g/mol. The largest absolute Gasteiger partial charge is 0.306 e. The maximum Gasteiger partial charge on any atom is 0.153 e. The number of sulfone groups is 1. The van der Waals surface area contributed by atoms with E-state index in [-0.39, 0.29) is 23.6 Å². The molecule has 3 rings (SSSR count). The Morgan fingerprint density at radius 1 is 0.905 bits per heavy atom. The van der Waals surface area contributed by atoms with Gasteiger partial charge in [-0.05, 0) is 23.6 Å². The molecule has 0 aromatic heterocycles. The third-order valence-corrected chi connectivity index (χ3v) is 5.68. The molecule has 4 heteroatoms. The first-order valence-electron chi connectivity index (χ1n) is 7.15. The van der Waals surface area contributed by atoms with Gasteiger partial charge in [-0.25, -0.2) is 8.42 Å². The summed E-state index contributed by atoms with van der Waals surface area (Å²) >= 11 is 0. The van der Waals surface area contributed by atoms with Gasteiger partial charge in [-0.2, -0.15) is 0 Å². The van der Waals surface area contributed by atoms with E-state index < -0.39 is 9.84 Å². The molecule has 2 unspecified atom stereocenters. The molecule has 2 aromatic carbocycles. The molecule has 0 bridgehead atoms. The predicted molar refractivity (Wildman–Crippen MR) is 85.9 cm³/mol. The zero-order valence-corrected chi connectivity index (χ0v) is 12.8. The second-order valence-corrected chi connectivity index (χ2v) is 7.84. The summed E-state index contributed by atoms with van der Waals surface area (Å²) in [6, 6.07) is 18.2. The summed E-state index contributed by atoms with van der Waals surface area (Å²) in [4.78, 5) is 0. The van der Waals surface area contributed by atoms with Gasteiger partial charge in [0.2, 0.25) is 0 Å². The Bertz CT molecular complexity index is 708. The van der Waals surface area contributed by atoms with Crippen LogP contribution in [0.2, 0.25) is 0 Å². The number of rotatable bonds is 2. The number of nitrogens with one attached hydrogen (secondary N) is 1. The van der Waals surface area contributed by atoms with Crippen LogP contribution in [0.3, 0.4) is 0 Å². The van der Waals surface area contributed by atoms with E-state index in [4.69, 9.17) is 0 Å². The fourth-order valence-electron chi connectivity index (χ4n) is 2.87. The summed E-state index contributed by atoms with van der Waals surface area (Å²) in [5.74, 6) is 0.410. The van der Waals surface area contributed by atoms with Crippen molar-refractivity contribution in [3.63, 3.8) is 0 Å². The normalized spacial score (nSPS) is 24.6. The highest BCUT2D eigenvalue weighted by Gasteiger charge is 2.29. The average Bonchev–Trinajstić information content (AvgIpc) is 2.46. The molecule has 1 aliphatic rings. The van der Waals surface area contributed by atoms with Crippen LogP contribution in [0, 0.1) is 0 Å². The van der Waals surface area contributed by atoms with Gasteiger partial charge >= 0.3 is 0 Å². The Morgan fingerprint density at radius 3 is 2.14 bits per heavy atom. The average molecular weight is 301 g/mol. The van der Waals surface area contributed by atoms with Gasteiger partial charge in [-0.1, -0.05) is 54.6 Å². The van der Waals surface area contributed by atoms with Crippen LogP contribution in [-0.4, -0.2) is 26.0 Å². The van der Waals surface area contributed by atoms with Crippen LogP contribution >= 0.6 is 0 Å². The molecule has 3 nitrogen and oxygen atoms in total. The molecular weight excluding hydrogens is 282 g/mol. The number of benzene rings is 2. The summed E-state index contributed by atoms with van der Waals surface area (Å²) in [5, 5.41) is 3.37. The van der Waals surface area contributed by atoms with E-state index in [2.05, 4.69) is 29.6 Å². The van der Waals surface area contributed by atoms with Crippen molar-refractivity contribution in [3.8, 4) is 11.1 Å². The van der Waals surface area contributed by atoms with Crippen molar-refractivity contribution in [2.24, 2.45) is 0 Å². The lowest BCUT2D eigenvalue weighted by atomic mass is 10.0. The Morgan fingerprint density at radius 2 is 1.52 bits per heavy atom. The summed E-state index contributed by atoms with van der Waals surface area (Å²) < 4.78 is 23.8. The van der Waals surface area contributed by atoms with Crippen molar-refractivity contribution < 1.29 is 8.42 Å². The van der Waals surface area contributed by atoms with E-state index in [1.165, 1.54) is 5.56 Å². The molecule has 0 amide bonds. The zero-order chi connectivity index (χ0) is 14.9. The first kappa shape index (κ1) is 14.3. The molecule has 1 N–H and O–H groups in total. The minimum Gasteiger partial charge on any atom is -0.306 e. The second-order valence-electron chi connectivity index (χ2n) is 5.69. The van der Waals surface area contributed by atoms with Gasteiger partial charge in [0.25, 0.3) is 0 Å². The first-order valence-corrected chi connectivity index (χ1v) is 8.97. The Kier molecular flexibility index (Phi) is 3.83. The minimum absolute atomic E-state index is 0.00236. The Hall–Kier alpha value is -1.65. The lowest BCUT2D eigenvalue weighted by molar-refractivity contribution is 0.469. The molecule has 1 saturated heterocycles. The lowest BCUT2D eigenvalue weighted by Gasteiger charge is -2.29. The summed E-state index contributed by atoms with van der Waals surface area (Å²) in [6.45, 7) is 1.92. The molecule has 0 spiro atoms. The maximum atomic E-state index is 11.9. The Balaban J connectivity index is 1.84. The topological polar surface area (TPSA) is 46.2 Å². The maximum absolute atomic E-state index is 11.9. The summed E-state index contributed by atoms with van der Waals surface area (Å²) in [6.07, 6.45) is 0. The minimum atomic E-state index is -2.95. The highest BCUT2D eigenvalue weighted by Crippen LogP contribution is 2.25. The van der Waals surface area contributed by atoms with Crippen LogP contribution in [0.25, 0.3) is 11.1 Å². The van der Waals surface area contributed by atoms with Crippen LogP contribution in [0.1, 0.15) is 18.5 Å². The van der Waals surface area contributed by atoms with E-state index in [0.717, 1.165) is 11.1 Å². The van der Waals surface area contributed by atoms with Gasteiger partial charge in [-0.15, -0.1) is 0 Å². The fourth-order valence-corrected chi connectivity index (χ4v) is 4.66. The standard InChI is InChI=1S/C17H19NO2S/c1-13-11-21(19,20)12-17(18-13)16-9-7-15(8-10-16)14-5-3-2-4-6-14/h2-10,13,17-18H,11-12H2,1H3. The SMILES string of the molecule is CC1CS(=O)(=O)CC(c2ccc(-c3ccccc3)cc2)N1. The second kappa shape index (κ2) is 5.62. The molecule has 1 aliphatic heterocycles. The van der Waals surface area contributed by atoms with E-state index in [1.807, 2.05) is 37.3 Å². The van der Waals surface area contributed by atoms with Gasteiger partial charge in [0.1, 0.15) is 0 Å². The van der Waals surface area contributed by atoms with Crippen molar-refractivity contribution in [1.82, 2.24) is 5.32 Å². The van der Waals surface area contributed by atoms with Gasteiger partial charge in [-0.3, -0.25) is 0 Å². The summed E-state index contributed by atoms with van der Waals surface area (Å²) in [7, 11) is -2.95. The van der Waals surface area contributed by atoms with Crippen LogP contribution < -0.4 is 5.32 Å². The number of hydrogen-bond acceptors (Lipinski definition) is 3. The van der Waals surface area contributed by atoms with Crippen LogP contribution in [0.4, 0.5) is 0 Å². The third kappa shape index (κ3) is 3.34. The third-order valence-electron chi connectivity index (χ3n) is 3.83. The molecule has 2 aromatic rings. The molecule has 0 radical (unpaired) electrons. The quantitative estimate of drug-likeness (QED) is 0.928. The molecule has 2 atom stereocenters. The van der Waals surface area contributed by atoms with Gasteiger partial charge in [0.05, 0.1) is 11.5 Å². The Labute approximate surface area is 125 Å². The fraction of sp³-hybridized carbons (Fsp3) is 0.294. The van der Waals surface area contributed by atoms with E-state index in [1.54, 1.807) is 0 Å². The molecule has 0 saturated carbocycles. The van der Waals surface area contributed by atoms with E-state index >= 15 is 0 Å². The van der Waals surface area contributed by atoms with E-state index in [0.29, 0.717) is 0 Å². The molecule has 0 aliphatic carbocycles. The molecule has 1 heterocycles. The predicted octanol–water partition coefficient (Wildman–Crippen LogP) is 2.80. The van der Waals surface area contributed by atoms with Crippen LogP contribution in [-0.2, 0) is 9.84 Å². The first-order chi connectivity index (χ1) is 10.0. The smallest absolute Gasteiger partial charge is 0.153 e. The van der Waals surface area contributed by atoms with Crippen LogP contribution in [0.15, 0.2) is 54.6 Å². The van der Waals surface area contributed by atoms with E-state index in [9.17, 15) is 8.42 Å². The molecule has 110 valence electrons. The van der Waals surface area contributed by atoms with Gasteiger partial charge in [0.15, 0.2) is 9.84 Å². The molecule has 1 fully saturated rings. The van der Waals surface area contributed by atoms with Crippen LogP contribution in [0.5, 0.6) is 0 Å². The number of hydrogen-bond donors (Lipinski definition) is 1. The zero-order valence-electron chi connectivity index (χ0n) is 12.0. The lowest BCUT2D eigenvalue weighted by Crippen LogP contribution is -2.45. The van der Waals surface area contributed by atoms with Crippen molar-refractivity contribution in [2.75, 3.05) is 11.5 Å². The van der Waals surface area contributed by atoms with Crippen molar-refractivity contribution in [1.29, 1.82) is 0 Å². The highest BCUT2D eigenvalue weighted by atomic mass is 32.2. The van der Waals surface area contributed by atoms with Crippen molar-refractivity contribution in [2.45, 2.75) is 19.0 Å². The van der Waals surface area contributed by atoms with Gasteiger partial charge < -0.3 is 5.32 Å². The summed E-state index contributed by atoms with van der Waals surface area (Å²) in [5.41, 5.74) is 3.34. The highest BCUT2D eigenvalue weighted by molar-refractivity contribution is 7.91. The molecular formula is C17H19NO2S. The molecule has 21 heavy (non-hydrogen) atoms. The van der Waals surface area contributed by atoms with Crippen molar-refractivity contribution in [3.05, 3.63) is 60.2 Å².